The van der Waals surface area contributed by atoms with Crippen LogP contribution < -0.4 is 11.1 Å². The molecule has 3 aromatic rings. The molecule has 3 heterocycles. The predicted octanol–water partition coefficient (Wildman–Crippen LogP) is 5.53. The number of nitriles is 1. The number of rotatable bonds is 5. The first-order valence-corrected chi connectivity index (χ1v) is 12.0. The highest BCUT2D eigenvalue weighted by Gasteiger charge is 2.43. The van der Waals surface area contributed by atoms with Gasteiger partial charge in [-0.25, -0.2) is 4.99 Å². The Kier molecular flexibility index (Phi) is 6.20. The standard InChI is InChI=1S/C25H17ClN6O4S/c1-13-21(24(33)30-15-5-3-2-4-6-15)22(31-23(28)20(12-27)37-25(31)29-13)19-10-9-18(36-19)16-8-7-14(26)11-17(16)32(34)35/h2-11,22H,28H2,1H3,(H,30,33)/t22-/m1/s1. The number of allylic oxidation sites excluding steroid dienone is 2. The molecule has 0 aliphatic carbocycles. The van der Waals surface area contributed by atoms with Gasteiger partial charge in [0, 0.05) is 16.8 Å². The Bertz CT molecular complexity index is 1590. The zero-order valence-corrected chi connectivity index (χ0v) is 20.7. The van der Waals surface area contributed by atoms with Gasteiger partial charge in [0.15, 0.2) is 5.17 Å². The van der Waals surface area contributed by atoms with Crippen LogP contribution in [0.2, 0.25) is 5.02 Å². The van der Waals surface area contributed by atoms with Gasteiger partial charge in [-0.15, -0.1) is 0 Å². The molecule has 0 saturated carbocycles. The number of nitrogens with two attached hydrogens (primary N) is 1. The van der Waals surface area contributed by atoms with E-state index in [9.17, 15) is 20.2 Å². The first kappa shape index (κ1) is 24.2. The summed E-state index contributed by atoms with van der Waals surface area (Å²) in [6, 6.07) is 17.5. The van der Waals surface area contributed by atoms with Gasteiger partial charge in [-0.3, -0.25) is 19.8 Å². The van der Waals surface area contributed by atoms with Gasteiger partial charge in [-0.1, -0.05) is 29.8 Å². The number of hydrogen-bond acceptors (Lipinski definition) is 9. The van der Waals surface area contributed by atoms with Gasteiger partial charge in [0.05, 0.1) is 21.8 Å². The quantitative estimate of drug-likeness (QED) is 0.321. The van der Waals surface area contributed by atoms with Crippen LogP contribution in [0.5, 0.6) is 0 Å². The molecule has 184 valence electrons. The number of halogens is 1. The molecule has 0 fully saturated rings. The number of amidine groups is 1. The van der Waals surface area contributed by atoms with E-state index in [-0.39, 0.29) is 44.1 Å². The molecule has 37 heavy (non-hydrogen) atoms. The summed E-state index contributed by atoms with van der Waals surface area (Å²) >= 11 is 7.05. The molecule has 2 aromatic carbocycles. The fourth-order valence-corrected chi connectivity index (χ4v) is 5.21. The molecule has 0 spiro atoms. The lowest BCUT2D eigenvalue weighted by Gasteiger charge is -2.33. The average molecular weight is 533 g/mol. The largest absolute Gasteiger partial charge is 0.458 e. The van der Waals surface area contributed by atoms with Crippen LogP contribution in [0.1, 0.15) is 18.7 Å². The Morgan fingerprint density at radius 3 is 2.73 bits per heavy atom. The Morgan fingerprint density at radius 1 is 1.27 bits per heavy atom. The molecule has 1 aromatic heterocycles. The third kappa shape index (κ3) is 4.33. The number of nitrogens with one attached hydrogen (secondary N) is 1. The topological polar surface area (TPSA) is 151 Å². The number of aliphatic imine (C=N–C) groups is 1. The molecular weight excluding hydrogens is 516 g/mol. The molecule has 0 saturated heterocycles. The minimum Gasteiger partial charge on any atom is -0.458 e. The van der Waals surface area contributed by atoms with Crippen LogP contribution in [0.25, 0.3) is 11.3 Å². The SMILES string of the molecule is CC1=C(C(=O)Nc2ccccc2)[C@@H](c2ccc(-c3ccc(Cl)cc3[N+](=O)[O-])o2)N2C(=N1)SC(C#N)=C2N. The van der Waals surface area contributed by atoms with E-state index in [1.165, 1.54) is 18.2 Å². The van der Waals surface area contributed by atoms with E-state index in [0.717, 1.165) is 11.8 Å². The average Bonchev–Trinajstić information content (AvgIpc) is 3.48. The van der Waals surface area contributed by atoms with Crippen LogP contribution >= 0.6 is 23.4 Å². The number of nitro groups is 1. The molecule has 5 rings (SSSR count). The lowest BCUT2D eigenvalue weighted by Crippen LogP contribution is -2.39. The molecule has 1 atom stereocenters. The van der Waals surface area contributed by atoms with Crippen molar-refractivity contribution < 1.29 is 14.1 Å². The van der Waals surface area contributed by atoms with E-state index in [1.54, 1.807) is 48.2 Å². The van der Waals surface area contributed by atoms with E-state index >= 15 is 0 Å². The second-order valence-corrected chi connectivity index (χ2v) is 9.45. The monoisotopic (exact) mass is 532 g/mol. The second kappa shape index (κ2) is 9.50. The fourth-order valence-electron chi connectivity index (χ4n) is 4.13. The van der Waals surface area contributed by atoms with Crippen molar-refractivity contribution in [2.24, 2.45) is 10.7 Å². The van der Waals surface area contributed by atoms with Crippen molar-refractivity contribution in [3.05, 3.63) is 104 Å². The van der Waals surface area contributed by atoms with Gasteiger partial charge < -0.3 is 15.5 Å². The third-order valence-corrected chi connectivity index (χ3v) is 6.98. The number of carbonyl (C=O) groups excluding carboxylic acids is 1. The van der Waals surface area contributed by atoms with E-state index in [4.69, 9.17) is 21.8 Å². The highest BCUT2D eigenvalue weighted by atomic mass is 35.5. The van der Waals surface area contributed by atoms with Gasteiger partial charge >= 0.3 is 0 Å². The van der Waals surface area contributed by atoms with Crippen molar-refractivity contribution in [2.45, 2.75) is 13.0 Å². The minimum atomic E-state index is -0.880. The maximum atomic E-state index is 13.5. The Morgan fingerprint density at radius 2 is 2.03 bits per heavy atom. The van der Waals surface area contributed by atoms with Crippen molar-refractivity contribution in [1.82, 2.24) is 4.90 Å². The first-order chi connectivity index (χ1) is 17.8. The van der Waals surface area contributed by atoms with Crippen LogP contribution in [0.15, 0.2) is 92.1 Å². The number of carbonyl (C=O) groups is 1. The van der Waals surface area contributed by atoms with E-state index in [1.807, 2.05) is 6.07 Å². The van der Waals surface area contributed by atoms with Gasteiger partial charge in [0.2, 0.25) is 0 Å². The zero-order valence-electron chi connectivity index (χ0n) is 19.1. The second-order valence-electron chi connectivity index (χ2n) is 8.03. The van der Waals surface area contributed by atoms with Gasteiger partial charge in [-0.05, 0) is 55.1 Å². The lowest BCUT2D eigenvalue weighted by molar-refractivity contribution is -0.384. The molecule has 12 heteroatoms. The summed E-state index contributed by atoms with van der Waals surface area (Å²) in [5, 5.41) is 24.7. The number of nitro benzene ring substituents is 1. The van der Waals surface area contributed by atoms with Crippen molar-refractivity contribution in [3.8, 4) is 17.4 Å². The minimum absolute atomic E-state index is 0.129. The molecule has 10 nitrogen and oxygen atoms in total. The highest BCUT2D eigenvalue weighted by molar-refractivity contribution is 8.17. The summed E-state index contributed by atoms with van der Waals surface area (Å²) in [5.41, 5.74) is 7.55. The van der Waals surface area contributed by atoms with E-state index in [2.05, 4.69) is 16.4 Å². The summed E-state index contributed by atoms with van der Waals surface area (Å²) in [6.07, 6.45) is 0. The Labute approximate surface area is 219 Å². The van der Waals surface area contributed by atoms with E-state index in [0.29, 0.717) is 16.6 Å². The normalized spacial score (nSPS) is 16.8. The molecule has 1 amide bonds. The molecule has 0 radical (unpaired) electrons. The summed E-state index contributed by atoms with van der Waals surface area (Å²) in [4.78, 5) is 31.0. The number of anilines is 1. The smallest absolute Gasteiger partial charge is 0.281 e. The zero-order chi connectivity index (χ0) is 26.3. The summed E-state index contributed by atoms with van der Waals surface area (Å²) in [6.45, 7) is 1.69. The third-order valence-electron chi connectivity index (χ3n) is 5.77. The highest BCUT2D eigenvalue weighted by Crippen LogP contribution is 2.46. The molecule has 3 N–H and O–H groups in total. The number of hydrogen-bond donors (Lipinski definition) is 2. The van der Waals surface area contributed by atoms with Crippen LogP contribution in [-0.4, -0.2) is 20.9 Å². The number of amides is 1. The van der Waals surface area contributed by atoms with Gasteiger partial charge in [-0.2, -0.15) is 5.26 Å². The van der Waals surface area contributed by atoms with Crippen LogP contribution in [-0.2, 0) is 4.79 Å². The van der Waals surface area contributed by atoms with Crippen LogP contribution in [0.4, 0.5) is 11.4 Å². The maximum Gasteiger partial charge on any atom is 0.281 e. The number of para-hydroxylation sites is 1. The number of fused-ring (bicyclic) bond motifs is 1. The molecule has 0 bridgehead atoms. The van der Waals surface area contributed by atoms with E-state index < -0.39 is 16.9 Å². The van der Waals surface area contributed by atoms with Crippen molar-refractivity contribution in [2.75, 3.05) is 5.32 Å². The van der Waals surface area contributed by atoms with Crippen molar-refractivity contribution >= 4 is 45.8 Å². The molecule has 0 unspecified atom stereocenters. The Hall–Kier alpha value is -4.53. The maximum absolute atomic E-state index is 13.5. The van der Waals surface area contributed by atoms with Crippen LogP contribution in [0.3, 0.4) is 0 Å². The molecule has 2 aliphatic rings. The first-order valence-electron chi connectivity index (χ1n) is 10.9. The fraction of sp³-hybridized carbons (Fsp3) is 0.0800. The van der Waals surface area contributed by atoms with Gasteiger partial charge in [0.25, 0.3) is 11.6 Å². The van der Waals surface area contributed by atoms with Crippen molar-refractivity contribution in [1.29, 1.82) is 5.26 Å². The van der Waals surface area contributed by atoms with Crippen molar-refractivity contribution in [3.63, 3.8) is 0 Å². The van der Waals surface area contributed by atoms with Crippen LogP contribution in [0, 0.1) is 21.4 Å². The molecular formula is C25H17ClN6O4S. The number of benzene rings is 2. The van der Waals surface area contributed by atoms with Gasteiger partial charge in [0.1, 0.15) is 34.4 Å². The Balaban J connectivity index is 1.62. The number of thioether (sulfide) groups is 1. The predicted molar refractivity (Wildman–Crippen MR) is 140 cm³/mol. The summed E-state index contributed by atoms with van der Waals surface area (Å²) in [7, 11) is 0. The number of furan rings is 1. The lowest BCUT2D eigenvalue weighted by atomic mass is 9.98. The summed E-state index contributed by atoms with van der Waals surface area (Å²) < 4.78 is 6.12. The number of nitrogens with zero attached hydrogens (tertiary/aromatic N) is 4. The molecule has 2 aliphatic heterocycles. The summed E-state index contributed by atoms with van der Waals surface area (Å²) in [5.74, 6) is 0.184.